The molecule has 1 unspecified atom stereocenters. The van der Waals surface area contributed by atoms with Gasteiger partial charge in [0.05, 0.1) is 55.2 Å². The maximum Gasteiger partial charge on any atom is 0.355 e. The molecule has 0 aliphatic carbocycles. The molecule has 0 bridgehead atoms. The first kappa shape index (κ1) is 21.7. The van der Waals surface area contributed by atoms with Crippen LogP contribution in [0.4, 0.5) is 0 Å². The van der Waals surface area contributed by atoms with E-state index in [-0.39, 0.29) is 18.8 Å². The van der Waals surface area contributed by atoms with Crippen LogP contribution >= 0.6 is 0 Å². The first-order valence-electron chi connectivity index (χ1n) is 8.70. The standard InChI is InChI=1S/C20H14N6O4/c1-3-29-17(27)15-16(18(28)30-4-2)26-6-5-13(8-21)7-14(26)19(9-22,10-23)20(15,11-24)12-25/h5-7,14H,3-4H2,1-2H3. The second-order valence-corrected chi connectivity index (χ2v) is 6.07. The maximum atomic E-state index is 12.8. The van der Waals surface area contributed by atoms with E-state index in [0.717, 1.165) is 4.90 Å². The molecule has 1 atom stereocenters. The molecule has 2 rings (SSSR count). The van der Waals surface area contributed by atoms with Gasteiger partial charge in [-0.05, 0) is 26.0 Å². The molecular formula is C20H14N6O4. The topological polar surface area (TPSA) is 175 Å². The minimum absolute atomic E-state index is 0.0405. The Bertz CT molecular complexity index is 1070. The molecule has 0 saturated heterocycles. The number of ether oxygens (including phenoxy) is 2. The lowest BCUT2D eigenvalue weighted by Crippen LogP contribution is -2.60. The number of nitrogens with zero attached hydrogens (tertiary/aromatic N) is 6. The molecule has 0 fully saturated rings. The van der Waals surface area contributed by atoms with E-state index in [1.54, 1.807) is 24.3 Å². The quantitative estimate of drug-likeness (QED) is 0.619. The molecule has 10 nitrogen and oxygen atoms in total. The van der Waals surface area contributed by atoms with E-state index in [1.807, 2.05) is 6.07 Å². The third kappa shape index (κ3) is 2.75. The molecule has 0 aromatic heterocycles. The molecular weight excluding hydrogens is 388 g/mol. The predicted molar refractivity (Wildman–Crippen MR) is 96.1 cm³/mol. The van der Waals surface area contributed by atoms with Gasteiger partial charge in [-0.1, -0.05) is 0 Å². The molecule has 0 N–H and O–H groups in total. The van der Waals surface area contributed by atoms with Crippen LogP contribution in [0.2, 0.25) is 0 Å². The second kappa shape index (κ2) is 8.19. The Morgan fingerprint density at radius 1 is 1.00 bits per heavy atom. The van der Waals surface area contributed by atoms with E-state index < -0.39 is 40.1 Å². The number of esters is 2. The van der Waals surface area contributed by atoms with Crippen molar-refractivity contribution >= 4 is 11.9 Å². The number of hydrogen-bond acceptors (Lipinski definition) is 10. The van der Waals surface area contributed by atoms with Crippen molar-refractivity contribution in [2.24, 2.45) is 10.8 Å². The van der Waals surface area contributed by atoms with Crippen molar-refractivity contribution in [3.05, 3.63) is 35.2 Å². The number of hydrogen-bond donors (Lipinski definition) is 0. The van der Waals surface area contributed by atoms with Crippen molar-refractivity contribution in [2.45, 2.75) is 19.9 Å². The molecule has 0 aromatic rings. The summed E-state index contributed by atoms with van der Waals surface area (Å²) in [6.45, 7) is 2.74. The van der Waals surface area contributed by atoms with Gasteiger partial charge in [0.15, 0.2) is 0 Å². The third-order valence-corrected chi connectivity index (χ3v) is 4.72. The second-order valence-electron chi connectivity index (χ2n) is 6.07. The summed E-state index contributed by atoms with van der Waals surface area (Å²) in [6.07, 6.45) is 3.71. The van der Waals surface area contributed by atoms with Crippen LogP contribution < -0.4 is 0 Å². The molecule has 0 spiro atoms. The van der Waals surface area contributed by atoms with Crippen molar-refractivity contribution in [1.82, 2.24) is 4.90 Å². The molecule has 148 valence electrons. The van der Waals surface area contributed by atoms with Gasteiger partial charge in [-0.25, -0.2) is 9.59 Å². The van der Waals surface area contributed by atoms with Crippen LogP contribution in [-0.2, 0) is 19.1 Å². The Morgan fingerprint density at radius 3 is 2.03 bits per heavy atom. The molecule has 0 aromatic carbocycles. The highest BCUT2D eigenvalue weighted by Gasteiger charge is 2.69. The molecule has 0 amide bonds. The van der Waals surface area contributed by atoms with Gasteiger partial charge >= 0.3 is 11.9 Å². The average Bonchev–Trinajstić information content (AvgIpc) is 2.77. The van der Waals surface area contributed by atoms with Crippen LogP contribution in [0.25, 0.3) is 0 Å². The van der Waals surface area contributed by atoms with Crippen molar-refractivity contribution in [3.63, 3.8) is 0 Å². The lowest BCUT2D eigenvalue weighted by atomic mass is 9.55. The van der Waals surface area contributed by atoms with Gasteiger partial charge in [0, 0.05) is 6.20 Å². The summed E-state index contributed by atoms with van der Waals surface area (Å²) in [6, 6.07) is 7.05. The van der Waals surface area contributed by atoms with Crippen molar-refractivity contribution in [1.29, 1.82) is 26.3 Å². The van der Waals surface area contributed by atoms with E-state index in [9.17, 15) is 35.9 Å². The minimum atomic E-state index is -2.70. The summed E-state index contributed by atoms with van der Waals surface area (Å²) in [7, 11) is 0. The number of carbonyl (C=O) groups is 2. The summed E-state index contributed by atoms with van der Waals surface area (Å²) in [4.78, 5) is 26.7. The van der Waals surface area contributed by atoms with Gasteiger partial charge in [-0.3, -0.25) is 0 Å². The summed E-state index contributed by atoms with van der Waals surface area (Å²) in [5, 5.41) is 49.1. The fraction of sp³-hybridized carbons (Fsp3) is 0.350. The van der Waals surface area contributed by atoms with Crippen molar-refractivity contribution in [2.75, 3.05) is 13.2 Å². The zero-order valence-electron chi connectivity index (χ0n) is 16.0. The third-order valence-electron chi connectivity index (χ3n) is 4.72. The molecule has 2 aliphatic heterocycles. The van der Waals surface area contributed by atoms with Crippen LogP contribution in [0.5, 0.6) is 0 Å². The summed E-state index contributed by atoms with van der Waals surface area (Å²) >= 11 is 0. The van der Waals surface area contributed by atoms with E-state index in [4.69, 9.17) is 9.47 Å². The Kier molecular flexibility index (Phi) is 5.93. The zero-order chi connectivity index (χ0) is 22.5. The lowest BCUT2D eigenvalue weighted by Gasteiger charge is -2.48. The molecule has 0 saturated carbocycles. The Labute approximate surface area is 172 Å². The minimum Gasteiger partial charge on any atom is -0.462 e. The van der Waals surface area contributed by atoms with Crippen LogP contribution in [0.1, 0.15) is 13.8 Å². The zero-order valence-corrected chi connectivity index (χ0v) is 16.0. The fourth-order valence-electron chi connectivity index (χ4n) is 3.40. The van der Waals surface area contributed by atoms with Gasteiger partial charge in [0.2, 0.25) is 10.8 Å². The molecule has 2 aliphatic rings. The number of allylic oxidation sites excluding steroid dienone is 2. The molecule has 2 heterocycles. The SMILES string of the molecule is CCOC(=O)C1=C(C(=O)OCC)C(C#N)(C#N)C(C#N)(C#N)C2C=C(C#N)C=CN12. The van der Waals surface area contributed by atoms with Gasteiger partial charge in [-0.15, -0.1) is 0 Å². The van der Waals surface area contributed by atoms with E-state index >= 15 is 0 Å². The van der Waals surface area contributed by atoms with Gasteiger partial charge in [0.25, 0.3) is 0 Å². The summed E-state index contributed by atoms with van der Waals surface area (Å²) < 4.78 is 9.97. The maximum absolute atomic E-state index is 12.8. The summed E-state index contributed by atoms with van der Waals surface area (Å²) in [5.41, 5.74) is -6.39. The van der Waals surface area contributed by atoms with Crippen molar-refractivity contribution < 1.29 is 19.1 Å². The van der Waals surface area contributed by atoms with Crippen LogP contribution in [0.3, 0.4) is 0 Å². The molecule has 10 heteroatoms. The first-order valence-corrected chi connectivity index (χ1v) is 8.70. The molecule has 30 heavy (non-hydrogen) atoms. The smallest absolute Gasteiger partial charge is 0.355 e. The van der Waals surface area contributed by atoms with E-state index in [1.165, 1.54) is 32.2 Å². The number of rotatable bonds is 4. The largest absolute Gasteiger partial charge is 0.462 e. The Morgan fingerprint density at radius 2 is 1.57 bits per heavy atom. The van der Waals surface area contributed by atoms with Crippen LogP contribution in [0.15, 0.2) is 35.2 Å². The average molecular weight is 402 g/mol. The van der Waals surface area contributed by atoms with Gasteiger partial charge in [0.1, 0.15) is 11.3 Å². The highest BCUT2D eigenvalue weighted by Crippen LogP contribution is 2.55. The number of fused-ring (bicyclic) bond motifs is 1. The fourth-order valence-corrected chi connectivity index (χ4v) is 3.40. The number of carbonyl (C=O) groups excluding carboxylic acids is 2. The van der Waals surface area contributed by atoms with Crippen LogP contribution in [-0.4, -0.2) is 36.1 Å². The first-order chi connectivity index (χ1) is 14.4. The predicted octanol–water partition coefficient (Wildman–Crippen LogP) is 1.10. The monoisotopic (exact) mass is 402 g/mol. The van der Waals surface area contributed by atoms with E-state index in [0.29, 0.717) is 0 Å². The molecule has 0 radical (unpaired) electrons. The number of nitriles is 5. The van der Waals surface area contributed by atoms with E-state index in [2.05, 4.69) is 0 Å². The van der Waals surface area contributed by atoms with Gasteiger partial charge < -0.3 is 14.4 Å². The van der Waals surface area contributed by atoms with Gasteiger partial charge in [-0.2, -0.15) is 26.3 Å². The normalized spacial score (nSPS) is 20.1. The highest BCUT2D eigenvalue weighted by molar-refractivity contribution is 6.03. The van der Waals surface area contributed by atoms with Crippen molar-refractivity contribution in [3.8, 4) is 30.3 Å². The van der Waals surface area contributed by atoms with Crippen LogP contribution in [0, 0.1) is 67.5 Å². The lowest BCUT2D eigenvalue weighted by molar-refractivity contribution is -0.145. The Balaban J connectivity index is 3.10. The highest BCUT2D eigenvalue weighted by atomic mass is 16.5. The summed E-state index contributed by atoms with van der Waals surface area (Å²) in [5.74, 6) is -2.26. The Hall–Kier alpha value is -4.59.